The van der Waals surface area contributed by atoms with Crippen molar-refractivity contribution in [1.29, 1.82) is 0 Å². The van der Waals surface area contributed by atoms with Crippen molar-refractivity contribution in [2.45, 2.75) is 11.8 Å². The number of hydrogen-bond donors (Lipinski definition) is 0. The van der Waals surface area contributed by atoms with Crippen molar-refractivity contribution >= 4 is 32.3 Å². The summed E-state index contributed by atoms with van der Waals surface area (Å²) in [4.78, 5) is 0. The summed E-state index contributed by atoms with van der Waals surface area (Å²) < 4.78 is 0. The zero-order valence-corrected chi connectivity index (χ0v) is 24.2. The molecule has 0 N–H and O–H groups in total. The average Bonchev–Trinajstić information content (AvgIpc) is 3.56. The first kappa shape index (κ1) is 24.0. The number of fused-ring (bicyclic) bond motifs is 8. The first-order valence-corrected chi connectivity index (χ1v) is 15.6. The van der Waals surface area contributed by atoms with E-state index in [4.69, 9.17) is 0 Å². The number of hydrogen-bond acceptors (Lipinski definition) is 0. The van der Waals surface area contributed by atoms with Crippen molar-refractivity contribution in [1.82, 2.24) is 0 Å². The summed E-state index contributed by atoms with van der Waals surface area (Å²) in [6.45, 7) is 0. The summed E-state index contributed by atoms with van der Waals surface area (Å²) in [5.41, 5.74) is 13.3. The van der Waals surface area contributed by atoms with Crippen LogP contribution in [-0.2, 0) is 11.8 Å². The van der Waals surface area contributed by atoms with Crippen molar-refractivity contribution in [2.24, 2.45) is 0 Å². The zero-order valence-electron chi connectivity index (χ0n) is 24.2. The second kappa shape index (κ2) is 8.78. The Hall–Kier alpha value is -5.46. The predicted molar refractivity (Wildman–Crippen MR) is 185 cm³/mol. The second-order valence-corrected chi connectivity index (χ2v) is 12.4. The van der Waals surface area contributed by atoms with Crippen molar-refractivity contribution in [3.63, 3.8) is 0 Å². The highest BCUT2D eigenvalue weighted by Crippen LogP contribution is 2.63. The molecule has 0 unspecified atom stereocenters. The molecule has 0 heteroatoms. The molecule has 0 aromatic heterocycles. The van der Waals surface area contributed by atoms with E-state index in [0.717, 1.165) is 6.42 Å². The van der Waals surface area contributed by atoms with E-state index >= 15 is 0 Å². The molecule has 8 aromatic carbocycles. The third kappa shape index (κ3) is 3.02. The highest BCUT2D eigenvalue weighted by Gasteiger charge is 2.51. The van der Waals surface area contributed by atoms with Gasteiger partial charge in [0.05, 0.1) is 5.41 Å². The van der Waals surface area contributed by atoms with Gasteiger partial charge in [0.25, 0.3) is 0 Å². The molecule has 0 nitrogen and oxygen atoms in total. The van der Waals surface area contributed by atoms with E-state index in [-0.39, 0.29) is 5.41 Å². The van der Waals surface area contributed by atoms with E-state index in [1.807, 2.05) is 0 Å². The molecule has 10 rings (SSSR count). The van der Waals surface area contributed by atoms with Crippen LogP contribution in [0.1, 0.15) is 33.4 Å². The van der Waals surface area contributed by atoms with Crippen LogP contribution in [0.25, 0.3) is 54.6 Å². The van der Waals surface area contributed by atoms with Gasteiger partial charge in [-0.15, -0.1) is 0 Å². The summed E-state index contributed by atoms with van der Waals surface area (Å²) in [5, 5.41) is 8.04. The molecule has 2 aliphatic carbocycles. The summed E-state index contributed by atoms with van der Waals surface area (Å²) in [5.74, 6) is 0. The fraction of sp³-hybridized carbons (Fsp3) is 0.0455. The normalized spacial score (nSPS) is 13.7. The Morgan fingerprint density at radius 3 is 1.70 bits per heavy atom. The molecule has 0 saturated heterocycles. The van der Waals surface area contributed by atoms with E-state index in [0.29, 0.717) is 0 Å². The van der Waals surface area contributed by atoms with Gasteiger partial charge in [-0.3, -0.25) is 0 Å². The SMILES string of the molecule is c1ccc(-c2cccc3c2-c2ccccc2C32c3cccc4ccc5cccc2c5c34)c(Cc2ccc3ccccc3c2)c1. The molecule has 1 spiro atoms. The fourth-order valence-corrected chi connectivity index (χ4v) is 8.56. The second-order valence-electron chi connectivity index (χ2n) is 12.4. The van der Waals surface area contributed by atoms with Crippen LogP contribution in [-0.4, -0.2) is 0 Å². The molecule has 44 heavy (non-hydrogen) atoms. The lowest BCUT2D eigenvalue weighted by Crippen LogP contribution is -2.26. The molecule has 0 atom stereocenters. The van der Waals surface area contributed by atoms with Gasteiger partial charge in [-0.2, -0.15) is 0 Å². The topological polar surface area (TPSA) is 0 Å². The minimum atomic E-state index is -0.335. The molecule has 0 saturated carbocycles. The first-order valence-electron chi connectivity index (χ1n) is 15.6. The lowest BCUT2D eigenvalue weighted by atomic mass is 9.70. The van der Waals surface area contributed by atoms with Gasteiger partial charge in [-0.1, -0.05) is 158 Å². The third-order valence-electron chi connectivity index (χ3n) is 10.3. The number of rotatable bonds is 3. The van der Waals surface area contributed by atoms with Crippen LogP contribution in [0.15, 0.2) is 158 Å². The van der Waals surface area contributed by atoms with Crippen molar-refractivity contribution in [3.05, 3.63) is 191 Å². The van der Waals surface area contributed by atoms with Gasteiger partial charge in [0.1, 0.15) is 0 Å². The van der Waals surface area contributed by atoms with Crippen molar-refractivity contribution < 1.29 is 0 Å². The predicted octanol–water partition coefficient (Wildman–Crippen LogP) is 11.1. The smallest absolute Gasteiger partial charge is 0.0619 e. The third-order valence-corrected chi connectivity index (χ3v) is 10.3. The van der Waals surface area contributed by atoms with Gasteiger partial charge in [0, 0.05) is 0 Å². The Balaban J connectivity index is 1.24. The molecule has 204 valence electrons. The minimum absolute atomic E-state index is 0.335. The van der Waals surface area contributed by atoms with Gasteiger partial charge in [0.15, 0.2) is 0 Å². The lowest BCUT2D eigenvalue weighted by molar-refractivity contribution is 0.797. The molecule has 0 bridgehead atoms. The molecule has 0 radical (unpaired) electrons. The van der Waals surface area contributed by atoms with E-state index in [1.165, 1.54) is 88.0 Å². The van der Waals surface area contributed by atoms with E-state index in [1.54, 1.807) is 0 Å². The lowest BCUT2D eigenvalue weighted by Gasteiger charge is -2.31. The standard InChI is InChI=1S/C44H28/c1-2-11-32-26-28(22-23-29(32)10-1)27-33-12-3-4-15-34(33)35-17-9-21-40-43(35)36-16-5-6-18-37(36)44(40)38-19-7-13-30-24-25-31-14-8-20-39(44)42(31)41(30)38/h1-26H,27H2. The van der Waals surface area contributed by atoms with Gasteiger partial charge in [-0.05, 0) is 94.4 Å². The van der Waals surface area contributed by atoms with Crippen LogP contribution in [0.3, 0.4) is 0 Å². The highest BCUT2D eigenvalue weighted by atomic mass is 14.5. The molecule has 0 fully saturated rings. The van der Waals surface area contributed by atoms with Crippen LogP contribution in [0.5, 0.6) is 0 Å². The Labute approximate surface area is 256 Å². The quantitative estimate of drug-likeness (QED) is 0.190. The summed E-state index contributed by atoms with van der Waals surface area (Å²) in [6.07, 6.45) is 0.890. The molecule has 8 aromatic rings. The fourth-order valence-electron chi connectivity index (χ4n) is 8.56. The van der Waals surface area contributed by atoms with Crippen LogP contribution in [0.2, 0.25) is 0 Å². The molecular weight excluding hydrogens is 528 g/mol. The van der Waals surface area contributed by atoms with Crippen LogP contribution in [0, 0.1) is 0 Å². The Morgan fingerprint density at radius 2 is 0.909 bits per heavy atom. The molecule has 0 aliphatic heterocycles. The maximum atomic E-state index is 2.40. The van der Waals surface area contributed by atoms with Gasteiger partial charge < -0.3 is 0 Å². The largest absolute Gasteiger partial charge is 0.0726 e. The monoisotopic (exact) mass is 556 g/mol. The maximum absolute atomic E-state index is 2.40. The van der Waals surface area contributed by atoms with Crippen LogP contribution < -0.4 is 0 Å². The average molecular weight is 557 g/mol. The van der Waals surface area contributed by atoms with Crippen molar-refractivity contribution in [2.75, 3.05) is 0 Å². The van der Waals surface area contributed by atoms with E-state index in [9.17, 15) is 0 Å². The van der Waals surface area contributed by atoms with E-state index < -0.39 is 0 Å². The van der Waals surface area contributed by atoms with Crippen molar-refractivity contribution in [3.8, 4) is 22.3 Å². The summed E-state index contributed by atoms with van der Waals surface area (Å²) in [7, 11) is 0. The number of benzene rings is 8. The summed E-state index contributed by atoms with van der Waals surface area (Å²) in [6, 6.07) is 59.2. The van der Waals surface area contributed by atoms with Crippen LogP contribution >= 0.6 is 0 Å². The maximum Gasteiger partial charge on any atom is 0.0726 e. The Kier molecular flexibility index (Phi) is 4.80. The van der Waals surface area contributed by atoms with Gasteiger partial charge >= 0.3 is 0 Å². The molecule has 0 amide bonds. The molecule has 2 aliphatic rings. The van der Waals surface area contributed by atoms with Crippen LogP contribution in [0.4, 0.5) is 0 Å². The summed E-state index contributed by atoms with van der Waals surface area (Å²) >= 11 is 0. The Bertz CT molecular complexity index is 2410. The van der Waals surface area contributed by atoms with E-state index in [2.05, 4.69) is 158 Å². The minimum Gasteiger partial charge on any atom is -0.0619 e. The van der Waals surface area contributed by atoms with Gasteiger partial charge in [-0.25, -0.2) is 0 Å². The highest BCUT2D eigenvalue weighted by molar-refractivity contribution is 6.17. The molecular formula is C44H28. The first-order chi connectivity index (χ1) is 21.8. The van der Waals surface area contributed by atoms with Gasteiger partial charge in [0.2, 0.25) is 0 Å². The molecule has 0 heterocycles. The Morgan fingerprint density at radius 1 is 0.364 bits per heavy atom. The zero-order chi connectivity index (χ0) is 28.8.